The van der Waals surface area contributed by atoms with Crippen LogP contribution in [0, 0.1) is 0 Å². The number of ether oxygens (including phenoxy) is 1. The Morgan fingerprint density at radius 2 is 1.98 bits per heavy atom. The second-order valence-electron chi connectivity index (χ2n) is 12.1. The van der Waals surface area contributed by atoms with E-state index in [-0.39, 0.29) is 30.0 Å². The van der Waals surface area contributed by atoms with Crippen molar-refractivity contribution in [3.8, 4) is 11.4 Å². The van der Waals surface area contributed by atoms with Crippen molar-refractivity contribution in [2.75, 3.05) is 36.5 Å². The number of hydrogen-bond acceptors (Lipinski definition) is 7. The molecule has 0 radical (unpaired) electrons. The van der Waals surface area contributed by atoms with Crippen molar-refractivity contribution >= 4 is 34.3 Å². The number of nitrogens with zero attached hydrogens (tertiary/aromatic N) is 6. The Kier molecular flexibility index (Phi) is 6.30. The van der Waals surface area contributed by atoms with E-state index in [4.69, 9.17) is 9.72 Å². The molecule has 0 saturated heterocycles. The fourth-order valence-electron chi connectivity index (χ4n) is 6.90. The number of alkyl halides is 2. The van der Waals surface area contributed by atoms with Gasteiger partial charge in [0.15, 0.2) is 12.3 Å². The lowest BCUT2D eigenvalue weighted by Gasteiger charge is -2.35. The fourth-order valence-corrected chi connectivity index (χ4v) is 6.90. The summed E-state index contributed by atoms with van der Waals surface area (Å²) in [5, 5.41) is 3.65. The normalized spacial score (nSPS) is 19.6. The topological polar surface area (TPSA) is 97.5 Å². The van der Waals surface area contributed by atoms with E-state index in [1.165, 1.54) is 11.8 Å². The predicted molar refractivity (Wildman–Crippen MR) is 161 cm³/mol. The van der Waals surface area contributed by atoms with Gasteiger partial charge in [-0.25, -0.2) is 23.1 Å². The molecular formula is C32H31F2N7O3. The SMILES string of the molecule is O=C1COc2ccc3cc2N1CCC/C=C\Cn1c(=O)c2cnc(Nc4ccc5c(c4)CN(CC(F)F)CC54CC4)nc2n1-3. The average molecular weight is 600 g/mol. The highest BCUT2D eigenvalue weighted by Gasteiger charge is 2.49. The summed E-state index contributed by atoms with van der Waals surface area (Å²) in [5.41, 5.74) is 4.53. The highest BCUT2D eigenvalue weighted by Crippen LogP contribution is 2.52. The first-order valence-electron chi connectivity index (χ1n) is 15.0. The van der Waals surface area contributed by atoms with Gasteiger partial charge >= 0.3 is 0 Å². The largest absolute Gasteiger partial charge is 0.482 e. The van der Waals surface area contributed by atoms with Crippen LogP contribution in [0.15, 0.2) is 59.5 Å². The van der Waals surface area contributed by atoms with Crippen LogP contribution in [0.1, 0.15) is 36.8 Å². The Labute approximate surface area is 251 Å². The van der Waals surface area contributed by atoms with Gasteiger partial charge in [0.1, 0.15) is 11.1 Å². The van der Waals surface area contributed by atoms with E-state index in [9.17, 15) is 18.4 Å². The van der Waals surface area contributed by atoms with Crippen molar-refractivity contribution in [1.29, 1.82) is 0 Å². The maximum Gasteiger partial charge on any atom is 0.278 e. The maximum absolute atomic E-state index is 13.6. The number of allylic oxidation sites excluding steroid dienone is 2. The van der Waals surface area contributed by atoms with Crippen LogP contribution >= 0.6 is 0 Å². The Morgan fingerprint density at radius 3 is 2.82 bits per heavy atom. The molecule has 1 saturated carbocycles. The van der Waals surface area contributed by atoms with Gasteiger partial charge in [-0.3, -0.25) is 14.5 Å². The summed E-state index contributed by atoms with van der Waals surface area (Å²) in [6, 6.07) is 11.6. The van der Waals surface area contributed by atoms with Crippen LogP contribution in [-0.4, -0.2) is 62.8 Å². The Morgan fingerprint density at radius 1 is 1.09 bits per heavy atom. The minimum Gasteiger partial charge on any atom is -0.482 e. The van der Waals surface area contributed by atoms with Crippen LogP contribution < -0.4 is 20.5 Å². The van der Waals surface area contributed by atoms with E-state index in [1.54, 1.807) is 14.3 Å². The second-order valence-corrected chi connectivity index (χ2v) is 12.1. The number of carbonyl (C=O) groups is 1. The Balaban J connectivity index is 1.19. The third-order valence-corrected chi connectivity index (χ3v) is 9.11. The van der Waals surface area contributed by atoms with Crippen molar-refractivity contribution in [2.45, 2.75) is 50.6 Å². The molecule has 10 nitrogen and oxygen atoms in total. The van der Waals surface area contributed by atoms with Crippen LogP contribution in [0.4, 0.5) is 26.1 Å². The van der Waals surface area contributed by atoms with Gasteiger partial charge in [-0.15, -0.1) is 0 Å². The molecule has 2 aromatic heterocycles. The number of fused-ring (bicyclic) bond motifs is 7. The predicted octanol–water partition coefficient (Wildman–Crippen LogP) is 4.51. The van der Waals surface area contributed by atoms with Gasteiger partial charge in [0.2, 0.25) is 5.95 Å². The van der Waals surface area contributed by atoms with E-state index < -0.39 is 6.43 Å². The van der Waals surface area contributed by atoms with Crippen LogP contribution in [0.3, 0.4) is 0 Å². The van der Waals surface area contributed by atoms with Crippen molar-refractivity contribution in [3.63, 3.8) is 0 Å². The van der Waals surface area contributed by atoms with Gasteiger partial charge in [-0.1, -0.05) is 18.2 Å². The molecule has 5 heterocycles. The molecule has 1 spiro atoms. The third kappa shape index (κ3) is 4.55. The standard InChI is InChI=1S/C32H31F2N7O3/c33-27(34)17-38-16-20-13-21(5-7-24(20)32(19-38)9-10-32)36-31-35-15-23-29(37-31)41-22-6-8-26-25(14-22)39(28(42)18-44-26)11-3-1-2-4-12-40(41)30(23)43/h2,4-8,13-15,27H,1,3,9-12,16-19H2,(H,35,36,37)/b4-2-. The molecule has 0 unspecified atom stereocenters. The van der Waals surface area contributed by atoms with Crippen LogP contribution in [-0.2, 0) is 23.3 Å². The molecule has 4 aliphatic rings. The van der Waals surface area contributed by atoms with Crippen molar-refractivity contribution in [3.05, 3.63) is 76.2 Å². The number of carbonyl (C=O) groups excluding carboxylic acids is 1. The average Bonchev–Trinajstić information content (AvgIpc) is 3.70. The van der Waals surface area contributed by atoms with Gasteiger partial charge in [-0.05, 0) is 67.1 Å². The molecule has 2 aromatic carbocycles. The zero-order valence-electron chi connectivity index (χ0n) is 24.0. The first-order chi connectivity index (χ1) is 21.4. The van der Waals surface area contributed by atoms with Gasteiger partial charge in [-0.2, -0.15) is 4.98 Å². The minimum absolute atomic E-state index is 0.00444. The molecule has 2 bridgehead atoms. The number of anilines is 3. The van der Waals surface area contributed by atoms with Gasteiger partial charge < -0.3 is 15.0 Å². The number of hydrogen-bond donors (Lipinski definition) is 1. The monoisotopic (exact) mass is 599 g/mol. The molecule has 4 aromatic rings. The number of nitrogens with one attached hydrogen (secondary N) is 1. The lowest BCUT2D eigenvalue weighted by atomic mass is 9.86. The third-order valence-electron chi connectivity index (χ3n) is 9.11. The Hall–Kier alpha value is -4.58. The van der Waals surface area contributed by atoms with E-state index in [1.807, 2.05) is 47.4 Å². The first kappa shape index (κ1) is 27.0. The number of amides is 1. The number of rotatable bonds is 4. The molecule has 1 amide bonds. The molecule has 12 heteroatoms. The zero-order chi connectivity index (χ0) is 30.0. The van der Waals surface area contributed by atoms with E-state index >= 15 is 0 Å². The second kappa shape index (κ2) is 10.3. The zero-order valence-corrected chi connectivity index (χ0v) is 24.0. The van der Waals surface area contributed by atoms with Crippen molar-refractivity contribution < 1.29 is 18.3 Å². The van der Waals surface area contributed by atoms with Crippen molar-refractivity contribution in [1.82, 2.24) is 24.2 Å². The summed E-state index contributed by atoms with van der Waals surface area (Å²) in [4.78, 5) is 39.2. The molecule has 3 aliphatic heterocycles. The van der Waals surface area contributed by atoms with E-state index in [2.05, 4.69) is 16.4 Å². The summed E-state index contributed by atoms with van der Waals surface area (Å²) in [6.45, 7) is 1.81. The summed E-state index contributed by atoms with van der Waals surface area (Å²) in [5.74, 6) is 0.824. The highest BCUT2D eigenvalue weighted by molar-refractivity contribution is 5.98. The minimum atomic E-state index is -2.37. The molecule has 0 atom stereocenters. The lowest BCUT2D eigenvalue weighted by Crippen LogP contribution is -2.40. The quantitative estimate of drug-likeness (QED) is 0.345. The molecule has 8 rings (SSSR count). The van der Waals surface area contributed by atoms with Gasteiger partial charge in [0.25, 0.3) is 17.9 Å². The summed E-state index contributed by atoms with van der Waals surface area (Å²) >= 11 is 0. The van der Waals surface area contributed by atoms with E-state index in [0.29, 0.717) is 60.3 Å². The molecule has 1 N–H and O–H groups in total. The first-order valence-corrected chi connectivity index (χ1v) is 15.0. The van der Waals surface area contributed by atoms with Crippen LogP contribution in [0.2, 0.25) is 0 Å². The highest BCUT2D eigenvalue weighted by atomic mass is 19.3. The molecule has 1 aliphatic carbocycles. The molecule has 44 heavy (non-hydrogen) atoms. The molecule has 1 fully saturated rings. The maximum atomic E-state index is 13.6. The number of halogens is 2. The van der Waals surface area contributed by atoms with E-state index in [0.717, 1.165) is 36.9 Å². The van der Waals surface area contributed by atoms with Gasteiger partial charge in [0, 0.05) is 36.9 Å². The molecular weight excluding hydrogens is 568 g/mol. The van der Waals surface area contributed by atoms with Crippen LogP contribution in [0.25, 0.3) is 16.7 Å². The van der Waals surface area contributed by atoms with Crippen LogP contribution in [0.5, 0.6) is 5.75 Å². The number of benzene rings is 2. The molecule has 226 valence electrons. The van der Waals surface area contributed by atoms with Crippen molar-refractivity contribution in [2.24, 2.45) is 0 Å². The van der Waals surface area contributed by atoms with Gasteiger partial charge in [0.05, 0.1) is 24.5 Å². The summed E-state index contributed by atoms with van der Waals surface area (Å²) < 4.78 is 35.6. The lowest BCUT2D eigenvalue weighted by molar-refractivity contribution is -0.121. The number of aromatic nitrogens is 4. The summed E-state index contributed by atoms with van der Waals surface area (Å²) in [7, 11) is 0. The Bertz CT molecular complexity index is 1890. The summed E-state index contributed by atoms with van der Waals surface area (Å²) in [6.07, 6.45) is 6.72. The fraction of sp³-hybridized carbons (Fsp3) is 0.375. The smallest absolute Gasteiger partial charge is 0.278 e.